The van der Waals surface area contributed by atoms with Gasteiger partial charge in [-0.1, -0.05) is 6.92 Å². The van der Waals surface area contributed by atoms with E-state index in [0.29, 0.717) is 22.9 Å². The summed E-state index contributed by atoms with van der Waals surface area (Å²) in [5.41, 5.74) is 6.87. The Morgan fingerprint density at radius 1 is 1.55 bits per heavy atom. The lowest BCUT2D eigenvalue weighted by Gasteiger charge is -2.14. The number of hydrogen-bond acceptors (Lipinski definition) is 4. The zero-order chi connectivity index (χ0) is 14.5. The molecule has 1 unspecified atom stereocenters. The van der Waals surface area contributed by atoms with Crippen LogP contribution in [-0.4, -0.2) is 44.1 Å². The van der Waals surface area contributed by atoms with E-state index in [1.54, 1.807) is 25.3 Å². The van der Waals surface area contributed by atoms with Crippen molar-refractivity contribution in [1.82, 2.24) is 10.2 Å². The van der Waals surface area contributed by atoms with Crippen LogP contribution in [0.4, 0.5) is 5.69 Å². The number of benzene rings is 1. The first-order valence-corrected chi connectivity index (χ1v) is 7.08. The van der Waals surface area contributed by atoms with E-state index in [0.717, 1.165) is 32.6 Å². The smallest absolute Gasteiger partial charge is 0.251 e. The molecular weight excluding hydrogens is 254 g/mol. The van der Waals surface area contributed by atoms with Crippen molar-refractivity contribution in [3.63, 3.8) is 0 Å². The average Bonchev–Trinajstić information content (AvgIpc) is 2.92. The van der Waals surface area contributed by atoms with Gasteiger partial charge in [-0.2, -0.15) is 0 Å². The molecule has 1 heterocycles. The Kier molecular flexibility index (Phi) is 4.84. The van der Waals surface area contributed by atoms with Crippen LogP contribution < -0.4 is 15.8 Å². The van der Waals surface area contributed by atoms with Crippen molar-refractivity contribution < 1.29 is 9.53 Å². The van der Waals surface area contributed by atoms with Gasteiger partial charge >= 0.3 is 0 Å². The highest BCUT2D eigenvalue weighted by Crippen LogP contribution is 2.22. The average molecular weight is 277 g/mol. The maximum atomic E-state index is 12.1. The van der Waals surface area contributed by atoms with Gasteiger partial charge in [-0.3, -0.25) is 4.79 Å². The minimum Gasteiger partial charge on any atom is -0.495 e. The van der Waals surface area contributed by atoms with Gasteiger partial charge in [0.15, 0.2) is 0 Å². The van der Waals surface area contributed by atoms with Gasteiger partial charge < -0.3 is 20.7 Å². The van der Waals surface area contributed by atoms with Crippen LogP contribution in [-0.2, 0) is 0 Å². The Morgan fingerprint density at radius 2 is 2.35 bits per heavy atom. The molecule has 5 heteroatoms. The van der Waals surface area contributed by atoms with E-state index < -0.39 is 0 Å². The van der Waals surface area contributed by atoms with Gasteiger partial charge in [-0.05, 0) is 43.6 Å². The van der Waals surface area contributed by atoms with Crippen molar-refractivity contribution in [1.29, 1.82) is 0 Å². The molecule has 1 aliphatic heterocycles. The second-order valence-electron chi connectivity index (χ2n) is 5.21. The van der Waals surface area contributed by atoms with Gasteiger partial charge in [-0.25, -0.2) is 0 Å². The quantitative estimate of drug-likeness (QED) is 0.797. The van der Waals surface area contributed by atoms with E-state index in [1.165, 1.54) is 0 Å². The summed E-state index contributed by atoms with van der Waals surface area (Å²) in [5, 5.41) is 2.99. The van der Waals surface area contributed by atoms with Crippen LogP contribution in [0.5, 0.6) is 5.75 Å². The standard InChI is InChI=1S/C15H23N3O2/c1-3-18-7-6-11(10-18)9-17-15(19)12-4-5-14(20-2)13(16)8-12/h4-5,8,11H,3,6-7,9-10,16H2,1-2H3,(H,17,19). The third-order valence-corrected chi connectivity index (χ3v) is 3.86. The first-order chi connectivity index (χ1) is 9.63. The first-order valence-electron chi connectivity index (χ1n) is 7.08. The predicted octanol–water partition coefficient (Wildman–Crippen LogP) is 1.35. The molecule has 2 rings (SSSR count). The normalized spacial score (nSPS) is 19.0. The Morgan fingerprint density at radius 3 is 2.95 bits per heavy atom. The summed E-state index contributed by atoms with van der Waals surface area (Å²) in [7, 11) is 1.56. The van der Waals surface area contributed by atoms with Gasteiger partial charge in [0, 0.05) is 18.7 Å². The van der Waals surface area contributed by atoms with Crippen LogP contribution in [0.2, 0.25) is 0 Å². The topological polar surface area (TPSA) is 67.6 Å². The van der Waals surface area contributed by atoms with Gasteiger partial charge in [0.25, 0.3) is 5.91 Å². The number of anilines is 1. The Labute approximate surface area is 120 Å². The highest BCUT2D eigenvalue weighted by Gasteiger charge is 2.21. The van der Waals surface area contributed by atoms with Crippen molar-refractivity contribution in [2.24, 2.45) is 5.92 Å². The summed E-state index contributed by atoms with van der Waals surface area (Å²) in [4.78, 5) is 14.5. The van der Waals surface area contributed by atoms with Crippen LogP contribution in [0.1, 0.15) is 23.7 Å². The summed E-state index contributed by atoms with van der Waals surface area (Å²) in [6.07, 6.45) is 1.15. The lowest BCUT2D eigenvalue weighted by molar-refractivity contribution is 0.0947. The molecule has 0 aromatic heterocycles. The Balaban J connectivity index is 1.87. The highest BCUT2D eigenvalue weighted by atomic mass is 16.5. The van der Waals surface area contributed by atoms with E-state index in [9.17, 15) is 4.79 Å². The van der Waals surface area contributed by atoms with Crippen LogP contribution in [0.25, 0.3) is 0 Å². The summed E-state index contributed by atoms with van der Waals surface area (Å²) in [5.74, 6) is 1.07. The van der Waals surface area contributed by atoms with E-state index in [2.05, 4.69) is 17.1 Å². The maximum Gasteiger partial charge on any atom is 0.251 e. The molecule has 0 saturated carbocycles. The minimum absolute atomic E-state index is 0.0747. The molecule has 110 valence electrons. The molecule has 1 amide bonds. The van der Waals surface area contributed by atoms with Gasteiger partial charge in [0.2, 0.25) is 0 Å². The first kappa shape index (κ1) is 14.7. The molecule has 1 atom stereocenters. The Bertz CT molecular complexity index is 476. The van der Waals surface area contributed by atoms with Crippen LogP contribution in [0.15, 0.2) is 18.2 Å². The maximum absolute atomic E-state index is 12.1. The third-order valence-electron chi connectivity index (χ3n) is 3.86. The number of amides is 1. The highest BCUT2D eigenvalue weighted by molar-refractivity contribution is 5.95. The van der Waals surface area contributed by atoms with Crippen molar-refractivity contribution in [3.05, 3.63) is 23.8 Å². The number of hydrogen-bond donors (Lipinski definition) is 2. The predicted molar refractivity (Wildman–Crippen MR) is 80.0 cm³/mol. The number of methoxy groups -OCH3 is 1. The Hall–Kier alpha value is -1.75. The number of nitrogen functional groups attached to an aromatic ring is 1. The van der Waals surface area contributed by atoms with Crippen LogP contribution in [0.3, 0.4) is 0 Å². The van der Waals surface area contributed by atoms with E-state index in [-0.39, 0.29) is 5.91 Å². The number of nitrogens with two attached hydrogens (primary N) is 1. The SMILES string of the molecule is CCN1CCC(CNC(=O)c2ccc(OC)c(N)c2)C1. The number of likely N-dealkylation sites (tertiary alicyclic amines) is 1. The molecule has 1 saturated heterocycles. The second kappa shape index (κ2) is 6.61. The van der Waals surface area contributed by atoms with Crippen molar-refractivity contribution in [2.45, 2.75) is 13.3 Å². The number of nitrogens with one attached hydrogen (secondary N) is 1. The van der Waals surface area contributed by atoms with E-state index >= 15 is 0 Å². The summed E-state index contributed by atoms with van der Waals surface area (Å²) in [6.45, 7) is 6.18. The molecule has 5 nitrogen and oxygen atoms in total. The zero-order valence-corrected chi connectivity index (χ0v) is 12.2. The van der Waals surface area contributed by atoms with Gasteiger partial charge in [-0.15, -0.1) is 0 Å². The fourth-order valence-corrected chi connectivity index (χ4v) is 2.58. The van der Waals surface area contributed by atoms with Crippen molar-refractivity contribution in [3.8, 4) is 5.75 Å². The van der Waals surface area contributed by atoms with E-state index in [1.807, 2.05) is 0 Å². The second-order valence-corrected chi connectivity index (χ2v) is 5.21. The molecule has 0 aliphatic carbocycles. The number of rotatable bonds is 5. The molecule has 0 bridgehead atoms. The number of carbonyl (C=O) groups excluding carboxylic acids is 1. The van der Waals surface area contributed by atoms with Crippen LogP contribution in [0, 0.1) is 5.92 Å². The molecule has 1 fully saturated rings. The third kappa shape index (κ3) is 3.42. The lowest BCUT2D eigenvalue weighted by atomic mass is 10.1. The van der Waals surface area contributed by atoms with Crippen LogP contribution >= 0.6 is 0 Å². The molecule has 20 heavy (non-hydrogen) atoms. The number of carbonyl (C=O) groups is 1. The molecular formula is C15H23N3O2. The molecule has 1 aromatic carbocycles. The summed E-state index contributed by atoms with van der Waals surface area (Å²) in [6, 6.07) is 5.11. The van der Waals surface area contributed by atoms with E-state index in [4.69, 9.17) is 10.5 Å². The molecule has 1 aromatic rings. The minimum atomic E-state index is -0.0747. The molecule has 0 spiro atoms. The van der Waals surface area contributed by atoms with Crippen molar-refractivity contribution >= 4 is 11.6 Å². The fourth-order valence-electron chi connectivity index (χ4n) is 2.58. The lowest BCUT2D eigenvalue weighted by Crippen LogP contribution is -2.31. The zero-order valence-electron chi connectivity index (χ0n) is 12.2. The van der Waals surface area contributed by atoms with Gasteiger partial charge in [0.05, 0.1) is 12.8 Å². The molecule has 1 aliphatic rings. The van der Waals surface area contributed by atoms with Gasteiger partial charge in [0.1, 0.15) is 5.75 Å². The summed E-state index contributed by atoms with van der Waals surface area (Å²) >= 11 is 0. The monoisotopic (exact) mass is 277 g/mol. The number of nitrogens with zero attached hydrogens (tertiary/aromatic N) is 1. The molecule has 0 radical (unpaired) electrons. The number of ether oxygens (including phenoxy) is 1. The summed E-state index contributed by atoms with van der Waals surface area (Å²) < 4.78 is 5.08. The largest absolute Gasteiger partial charge is 0.495 e. The fraction of sp³-hybridized carbons (Fsp3) is 0.533. The van der Waals surface area contributed by atoms with Crippen molar-refractivity contribution in [2.75, 3.05) is 39.0 Å². The molecule has 3 N–H and O–H groups in total.